The van der Waals surface area contributed by atoms with Crippen molar-refractivity contribution < 1.29 is 29.0 Å². The van der Waals surface area contributed by atoms with Crippen LogP contribution < -0.4 is 4.74 Å². The van der Waals surface area contributed by atoms with E-state index in [4.69, 9.17) is 9.47 Å². The second-order valence-electron chi connectivity index (χ2n) is 4.41. The minimum atomic E-state index is -2.53. The summed E-state index contributed by atoms with van der Waals surface area (Å²) >= 11 is 3.49. The van der Waals surface area contributed by atoms with E-state index in [2.05, 4.69) is 37.0 Å². The molecule has 3 heterocycles. The molecule has 3 rings (SSSR count). The first kappa shape index (κ1) is 14.4. The van der Waals surface area contributed by atoms with Crippen LogP contribution in [0.25, 0.3) is 11.2 Å². The van der Waals surface area contributed by atoms with Crippen LogP contribution in [0.4, 0.5) is 0 Å². The molecule has 10 nitrogen and oxygen atoms in total. The molecular formula is C10H12N4O6S. The van der Waals surface area contributed by atoms with Gasteiger partial charge in [-0.2, -0.15) is 4.98 Å². The number of nitrogens with one attached hydrogen (secondary N) is 1. The van der Waals surface area contributed by atoms with Crippen LogP contribution in [0.3, 0.4) is 0 Å². The quantitative estimate of drug-likeness (QED) is 0.255. The summed E-state index contributed by atoms with van der Waals surface area (Å²) in [4.78, 5) is 14.6. The van der Waals surface area contributed by atoms with Crippen molar-refractivity contribution >= 4 is 24.1 Å². The largest absolute Gasteiger partial charge is 0.451 e. The molecule has 0 radical (unpaired) electrons. The fourth-order valence-electron chi connectivity index (χ4n) is 2.03. The lowest BCUT2D eigenvalue weighted by Crippen LogP contribution is -2.52. The molecule has 1 saturated heterocycles. The lowest BCUT2D eigenvalue weighted by molar-refractivity contribution is -0.266. The van der Waals surface area contributed by atoms with Crippen LogP contribution in [0.1, 0.15) is 0 Å². The summed E-state index contributed by atoms with van der Waals surface area (Å²) in [6.07, 6.45) is -1.04. The number of ether oxygens (including phenoxy) is 2. The summed E-state index contributed by atoms with van der Waals surface area (Å²) in [6, 6.07) is -0.145. The number of aromatic amines is 1. The maximum atomic E-state index is 9.99. The maximum Gasteiger partial charge on any atom is 0.319 e. The van der Waals surface area contributed by atoms with Gasteiger partial charge in [0.1, 0.15) is 11.6 Å². The number of fused-ring (bicyclic) bond motifs is 1. The Hall–Kier alpha value is -1.50. The van der Waals surface area contributed by atoms with Gasteiger partial charge in [0, 0.05) is 0 Å². The average molecular weight is 316 g/mol. The third-order valence-electron chi connectivity index (χ3n) is 3.06. The number of thiol groups is 1. The molecule has 0 unspecified atom stereocenters. The molecule has 3 atom stereocenters. The molecule has 0 amide bonds. The molecule has 0 saturated carbocycles. The smallest absolute Gasteiger partial charge is 0.319 e. The lowest BCUT2D eigenvalue weighted by Gasteiger charge is -2.26. The summed E-state index contributed by atoms with van der Waals surface area (Å²) in [5, 5.41) is 29.2. The molecule has 2 aromatic heterocycles. The molecule has 1 fully saturated rings. The number of nitrogens with zero attached hydrogens (tertiary/aromatic N) is 3. The number of H-pyrrole nitrogens is 1. The first-order valence-electron chi connectivity index (χ1n) is 5.90. The van der Waals surface area contributed by atoms with Crippen LogP contribution in [-0.4, -0.2) is 66.1 Å². The number of aliphatic hydroxyl groups excluding tert-OH is 1. The Balaban J connectivity index is 1.87. The summed E-state index contributed by atoms with van der Waals surface area (Å²) in [6.45, 7) is -0.522. The van der Waals surface area contributed by atoms with Crippen LogP contribution in [0.2, 0.25) is 0 Å². The zero-order valence-corrected chi connectivity index (χ0v) is 11.3. The van der Waals surface area contributed by atoms with Crippen molar-refractivity contribution in [3.05, 3.63) is 12.5 Å². The Labute approximate surface area is 123 Å². The predicted molar refractivity (Wildman–Crippen MR) is 69.1 cm³/mol. The van der Waals surface area contributed by atoms with Crippen molar-refractivity contribution in [2.45, 2.75) is 24.3 Å². The van der Waals surface area contributed by atoms with Gasteiger partial charge in [-0.25, -0.2) is 9.97 Å². The van der Waals surface area contributed by atoms with E-state index in [0.717, 1.165) is 0 Å². The van der Waals surface area contributed by atoms with E-state index in [0.29, 0.717) is 11.2 Å². The highest BCUT2D eigenvalue weighted by molar-refractivity contribution is 7.75. The number of hydrogen-bond acceptors (Lipinski definition) is 10. The highest BCUT2D eigenvalue weighted by Gasteiger charge is 2.58. The Morgan fingerprint density at radius 1 is 1.43 bits per heavy atom. The second kappa shape index (κ2) is 5.36. The highest BCUT2D eigenvalue weighted by atomic mass is 32.1. The topological polar surface area (TPSA) is 143 Å². The summed E-state index contributed by atoms with van der Waals surface area (Å²) in [7, 11) is 0. The minimum absolute atomic E-state index is 0.145. The predicted octanol–water partition coefficient (Wildman–Crippen LogP) is -1.64. The van der Waals surface area contributed by atoms with Crippen molar-refractivity contribution in [2.75, 3.05) is 6.61 Å². The van der Waals surface area contributed by atoms with Crippen molar-refractivity contribution in [1.82, 2.24) is 19.9 Å². The molecule has 1 aliphatic heterocycles. The molecule has 11 heteroatoms. The third-order valence-corrected chi connectivity index (χ3v) is 3.25. The monoisotopic (exact) mass is 316 g/mol. The van der Waals surface area contributed by atoms with Crippen LogP contribution in [0.5, 0.6) is 6.01 Å². The Kier molecular flexibility index (Phi) is 3.69. The molecule has 1 aliphatic rings. The molecule has 4 N–H and O–H groups in total. The van der Waals surface area contributed by atoms with Gasteiger partial charge in [-0.15, -0.1) is 0 Å². The minimum Gasteiger partial charge on any atom is -0.451 e. The van der Waals surface area contributed by atoms with Gasteiger partial charge in [0.2, 0.25) is 6.29 Å². The molecule has 0 aliphatic carbocycles. The zero-order valence-electron chi connectivity index (χ0n) is 10.4. The fraction of sp³-hybridized carbons (Fsp3) is 0.500. The lowest BCUT2D eigenvalue weighted by atomic mass is 10.1. The Bertz CT molecular complexity index is 637. The summed E-state index contributed by atoms with van der Waals surface area (Å²) in [5.74, 6) is -2.53. The van der Waals surface area contributed by atoms with Crippen molar-refractivity contribution in [1.29, 1.82) is 0 Å². The maximum absolute atomic E-state index is 9.99. The molecule has 2 aromatic rings. The number of rotatable bonds is 4. The number of imidazole rings is 1. The molecule has 0 bridgehead atoms. The normalized spacial score (nSPS) is 28.1. The van der Waals surface area contributed by atoms with Gasteiger partial charge in [-0.3, -0.25) is 4.18 Å². The number of aliphatic hydroxyl groups is 3. The number of aromatic nitrogens is 4. The van der Waals surface area contributed by atoms with E-state index in [1.54, 1.807) is 0 Å². The van der Waals surface area contributed by atoms with Crippen LogP contribution in [0.15, 0.2) is 12.5 Å². The van der Waals surface area contributed by atoms with Gasteiger partial charge in [-0.1, -0.05) is 0 Å². The fourth-order valence-corrected chi connectivity index (χ4v) is 2.24. The Morgan fingerprint density at radius 2 is 2.24 bits per heavy atom. The first-order valence-corrected chi connectivity index (χ1v) is 6.27. The van der Waals surface area contributed by atoms with Crippen molar-refractivity contribution in [2.24, 2.45) is 0 Å². The van der Waals surface area contributed by atoms with E-state index < -0.39 is 30.9 Å². The van der Waals surface area contributed by atoms with Crippen LogP contribution >= 0.6 is 12.9 Å². The Morgan fingerprint density at radius 3 is 2.95 bits per heavy atom. The average Bonchev–Trinajstić information content (AvgIpc) is 3.02. The van der Waals surface area contributed by atoms with E-state index in [-0.39, 0.29) is 6.01 Å². The van der Waals surface area contributed by atoms with Crippen molar-refractivity contribution in [3.8, 4) is 6.01 Å². The highest BCUT2D eigenvalue weighted by Crippen LogP contribution is 2.33. The van der Waals surface area contributed by atoms with Crippen LogP contribution in [0, 0.1) is 0 Å². The van der Waals surface area contributed by atoms with E-state index >= 15 is 0 Å². The van der Waals surface area contributed by atoms with Crippen molar-refractivity contribution in [3.63, 3.8) is 0 Å². The second-order valence-corrected chi connectivity index (χ2v) is 4.62. The SMILES string of the molecule is OC[C@H]1O[C@@H](OS)C(O)(O)[C@@H]1Oc1ncc2[nH]cnc2n1. The molecule has 0 aromatic carbocycles. The number of hydrogen-bond donors (Lipinski definition) is 5. The molecule has 114 valence electrons. The summed E-state index contributed by atoms with van der Waals surface area (Å²) < 4.78 is 14.9. The van der Waals surface area contributed by atoms with E-state index in [1.165, 1.54) is 12.5 Å². The molecule has 0 spiro atoms. The van der Waals surface area contributed by atoms with Gasteiger partial charge in [0.25, 0.3) is 5.79 Å². The molecule has 21 heavy (non-hydrogen) atoms. The zero-order chi connectivity index (χ0) is 15.0. The van der Waals surface area contributed by atoms with Gasteiger partial charge in [0.05, 0.1) is 19.1 Å². The van der Waals surface area contributed by atoms with Crippen LogP contribution in [-0.2, 0) is 8.92 Å². The summed E-state index contributed by atoms with van der Waals surface area (Å²) in [5.41, 5.74) is 0.947. The van der Waals surface area contributed by atoms with E-state index in [1.807, 2.05) is 0 Å². The van der Waals surface area contributed by atoms with Gasteiger partial charge < -0.3 is 29.8 Å². The van der Waals surface area contributed by atoms with Gasteiger partial charge in [-0.05, 0) is 12.9 Å². The first-order chi connectivity index (χ1) is 10.1. The van der Waals surface area contributed by atoms with E-state index in [9.17, 15) is 15.3 Å². The standard InChI is InChI=1S/C10H12N4O6S/c15-2-5-6(10(16,17)8(18-5)20-21)19-9-11-1-4-7(14-9)13-3-12-4/h1,3,5-6,8,15-17,21H,2H2,(H,11,12,13,14)/t5-,6-,8+/m1/s1. The van der Waals surface area contributed by atoms with Gasteiger partial charge in [0.15, 0.2) is 11.8 Å². The van der Waals surface area contributed by atoms with Gasteiger partial charge >= 0.3 is 6.01 Å². The third kappa shape index (κ3) is 2.43. The molecular weight excluding hydrogens is 304 g/mol.